The summed E-state index contributed by atoms with van der Waals surface area (Å²) < 4.78 is 2.64. The zero-order chi connectivity index (χ0) is 18.7. The highest BCUT2D eigenvalue weighted by atomic mass is 35.5. The predicted octanol–water partition coefficient (Wildman–Crippen LogP) is 4.88. The summed E-state index contributed by atoms with van der Waals surface area (Å²) in [6, 6.07) is 13.7. The van der Waals surface area contributed by atoms with E-state index in [4.69, 9.17) is 11.6 Å². The molecule has 3 aromatic rings. The van der Waals surface area contributed by atoms with Crippen molar-refractivity contribution in [1.29, 1.82) is 0 Å². The molecule has 0 N–H and O–H groups in total. The summed E-state index contributed by atoms with van der Waals surface area (Å²) in [6.45, 7) is 4.52. The number of likely N-dealkylation sites (N-methyl/N-ethyl adjacent to an activating group) is 1. The molecule has 0 atom stereocenters. The molecule has 0 fully saturated rings. The molecule has 0 aliphatic carbocycles. The van der Waals surface area contributed by atoms with Crippen molar-refractivity contribution in [3.05, 3.63) is 74.7 Å². The number of hydrogen-bond acceptors (Lipinski definition) is 3. The van der Waals surface area contributed by atoms with E-state index in [1.165, 1.54) is 11.3 Å². The highest BCUT2D eigenvalue weighted by Gasteiger charge is 2.16. The fraction of sp³-hybridized carbons (Fsp3) is 0.200. The quantitative estimate of drug-likeness (QED) is 0.587. The number of rotatable bonds is 5. The molecule has 0 saturated carbocycles. The van der Waals surface area contributed by atoms with Gasteiger partial charge in [-0.1, -0.05) is 29.8 Å². The van der Waals surface area contributed by atoms with Gasteiger partial charge in [-0.25, -0.2) is 4.68 Å². The minimum atomic E-state index is -0.0548. The Labute approximate surface area is 162 Å². The van der Waals surface area contributed by atoms with E-state index in [2.05, 4.69) is 5.10 Å². The molecule has 1 amide bonds. The Morgan fingerprint density at radius 3 is 2.62 bits per heavy atom. The molecule has 0 aliphatic heterocycles. The van der Waals surface area contributed by atoms with E-state index in [0.29, 0.717) is 10.9 Å². The summed E-state index contributed by atoms with van der Waals surface area (Å²) in [6.07, 6.45) is 3.37. The maximum absolute atomic E-state index is 12.4. The number of aromatic nitrogens is 2. The zero-order valence-corrected chi connectivity index (χ0v) is 16.5. The van der Waals surface area contributed by atoms with Crippen LogP contribution in [0.1, 0.15) is 21.8 Å². The van der Waals surface area contributed by atoms with Gasteiger partial charge in [0.1, 0.15) is 0 Å². The zero-order valence-electron chi connectivity index (χ0n) is 14.9. The molecule has 6 heteroatoms. The van der Waals surface area contributed by atoms with Crippen molar-refractivity contribution in [2.45, 2.75) is 20.4 Å². The first kappa shape index (κ1) is 18.4. The van der Waals surface area contributed by atoms with Gasteiger partial charge in [0.2, 0.25) is 5.91 Å². The summed E-state index contributed by atoms with van der Waals surface area (Å²) in [5.41, 5.74) is 4.06. The number of halogens is 1. The lowest BCUT2D eigenvalue weighted by molar-refractivity contribution is -0.125. The number of nitrogens with zero attached hydrogens (tertiary/aromatic N) is 3. The first-order valence-corrected chi connectivity index (χ1v) is 9.44. The molecule has 134 valence electrons. The molecule has 0 unspecified atom stereocenters. The van der Waals surface area contributed by atoms with Crippen molar-refractivity contribution < 1.29 is 4.79 Å². The van der Waals surface area contributed by atoms with Gasteiger partial charge in [-0.2, -0.15) is 5.10 Å². The van der Waals surface area contributed by atoms with Crippen molar-refractivity contribution >= 4 is 34.9 Å². The molecule has 4 nitrogen and oxygen atoms in total. The Kier molecular flexibility index (Phi) is 5.59. The van der Waals surface area contributed by atoms with Gasteiger partial charge in [-0.15, -0.1) is 11.3 Å². The topological polar surface area (TPSA) is 38.1 Å². The lowest BCUT2D eigenvalue weighted by Gasteiger charge is -2.15. The Balaban J connectivity index is 1.75. The van der Waals surface area contributed by atoms with Crippen LogP contribution < -0.4 is 0 Å². The molecule has 26 heavy (non-hydrogen) atoms. The largest absolute Gasteiger partial charge is 0.338 e. The van der Waals surface area contributed by atoms with Gasteiger partial charge in [0.15, 0.2) is 0 Å². The van der Waals surface area contributed by atoms with Crippen LogP contribution in [0, 0.1) is 13.8 Å². The van der Waals surface area contributed by atoms with Crippen molar-refractivity contribution in [3.63, 3.8) is 0 Å². The van der Waals surface area contributed by atoms with Gasteiger partial charge in [-0.05, 0) is 44.2 Å². The first-order valence-electron chi connectivity index (χ1n) is 8.24. The van der Waals surface area contributed by atoms with E-state index >= 15 is 0 Å². The minimum absolute atomic E-state index is 0.0548. The molecule has 1 aromatic carbocycles. The summed E-state index contributed by atoms with van der Waals surface area (Å²) >= 11 is 7.36. The predicted molar refractivity (Wildman–Crippen MR) is 108 cm³/mol. The second kappa shape index (κ2) is 7.89. The number of amides is 1. The Bertz CT molecular complexity index is 943. The van der Waals surface area contributed by atoms with Gasteiger partial charge >= 0.3 is 0 Å². The van der Waals surface area contributed by atoms with Crippen LogP contribution in [0.4, 0.5) is 0 Å². The van der Waals surface area contributed by atoms with Crippen molar-refractivity contribution in [2.24, 2.45) is 0 Å². The summed E-state index contributed by atoms with van der Waals surface area (Å²) in [5, 5.41) is 4.64. The molecule has 0 radical (unpaired) electrons. The smallest absolute Gasteiger partial charge is 0.246 e. The number of thiophene rings is 1. The summed E-state index contributed by atoms with van der Waals surface area (Å²) in [5.74, 6) is -0.0548. The van der Waals surface area contributed by atoms with Crippen LogP contribution in [-0.2, 0) is 11.3 Å². The Morgan fingerprint density at radius 2 is 1.96 bits per heavy atom. The molecule has 0 spiro atoms. The lowest BCUT2D eigenvalue weighted by Crippen LogP contribution is -2.24. The van der Waals surface area contributed by atoms with E-state index in [1.807, 2.05) is 61.0 Å². The monoisotopic (exact) mass is 385 g/mol. The van der Waals surface area contributed by atoms with Crippen LogP contribution in [0.15, 0.2) is 48.5 Å². The van der Waals surface area contributed by atoms with Crippen LogP contribution in [0.2, 0.25) is 4.34 Å². The third-order valence-corrected chi connectivity index (χ3v) is 5.39. The van der Waals surface area contributed by atoms with Crippen LogP contribution in [0.25, 0.3) is 11.8 Å². The SMILES string of the molecule is Cc1nn(-c2ccccc2)c(C)c1CN(C)C(=O)/C=C/c1ccc(Cl)s1. The highest BCUT2D eigenvalue weighted by molar-refractivity contribution is 7.17. The average Bonchev–Trinajstić information content (AvgIpc) is 3.18. The molecule has 2 aromatic heterocycles. The maximum Gasteiger partial charge on any atom is 0.246 e. The first-order chi connectivity index (χ1) is 12.5. The standard InChI is InChI=1S/C20H20ClN3OS/c1-14-18(15(2)24(22-14)16-7-5-4-6-8-16)13-23(3)20(25)12-10-17-9-11-19(21)26-17/h4-12H,13H2,1-3H3/b12-10+. The highest BCUT2D eigenvalue weighted by Crippen LogP contribution is 2.23. The molecular formula is C20H20ClN3OS. The van der Waals surface area contributed by atoms with E-state index in [0.717, 1.165) is 27.5 Å². The number of benzene rings is 1. The van der Waals surface area contributed by atoms with Crippen LogP contribution in [-0.4, -0.2) is 27.6 Å². The molecule has 0 saturated heterocycles. The average molecular weight is 386 g/mol. The fourth-order valence-electron chi connectivity index (χ4n) is 2.74. The van der Waals surface area contributed by atoms with Gasteiger partial charge in [0, 0.05) is 35.8 Å². The van der Waals surface area contributed by atoms with E-state index in [-0.39, 0.29) is 5.91 Å². The number of para-hydroxylation sites is 1. The second-order valence-corrected chi connectivity index (χ2v) is 7.81. The molecule has 3 rings (SSSR count). The van der Waals surface area contributed by atoms with E-state index < -0.39 is 0 Å². The summed E-state index contributed by atoms with van der Waals surface area (Å²) in [4.78, 5) is 15.1. The minimum Gasteiger partial charge on any atom is -0.338 e. The fourth-order valence-corrected chi connectivity index (χ4v) is 3.70. The number of carbonyl (C=O) groups is 1. The Morgan fingerprint density at radius 1 is 1.23 bits per heavy atom. The van der Waals surface area contributed by atoms with Crippen molar-refractivity contribution in [3.8, 4) is 5.69 Å². The van der Waals surface area contributed by atoms with Gasteiger partial charge in [0.25, 0.3) is 0 Å². The molecule has 0 aliphatic rings. The normalized spacial score (nSPS) is 11.2. The van der Waals surface area contributed by atoms with E-state index in [9.17, 15) is 4.79 Å². The van der Waals surface area contributed by atoms with Crippen molar-refractivity contribution in [1.82, 2.24) is 14.7 Å². The third-order valence-electron chi connectivity index (χ3n) is 4.20. The second-order valence-electron chi connectivity index (χ2n) is 6.07. The Hall–Kier alpha value is -2.37. The third kappa shape index (κ3) is 4.06. The maximum atomic E-state index is 12.4. The van der Waals surface area contributed by atoms with Gasteiger partial charge in [0.05, 0.1) is 15.7 Å². The van der Waals surface area contributed by atoms with Crippen molar-refractivity contribution in [2.75, 3.05) is 7.05 Å². The molecule has 2 heterocycles. The number of aryl methyl sites for hydroxylation is 1. The number of hydrogen-bond donors (Lipinski definition) is 0. The van der Waals surface area contributed by atoms with E-state index in [1.54, 1.807) is 24.1 Å². The van der Waals surface area contributed by atoms with Crippen LogP contribution >= 0.6 is 22.9 Å². The van der Waals surface area contributed by atoms with Crippen LogP contribution in [0.3, 0.4) is 0 Å². The van der Waals surface area contributed by atoms with Crippen LogP contribution in [0.5, 0.6) is 0 Å². The number of carbonyl (C=O) groups excluding carboxylic acids is 1. The van der Waals surface area contributed by atoms with Gasteiger partial charge in [-0.3, -0.25) is 4.79 Å². The molecule has 0 bridgehead atoms. The lowest BCUT2D eigenvalue weighted by atomic mass is 10.2. The van der Waals surface area contributed by atoms with Gasteiger partial charge < -0.3 is 4.90 Å². The molecular weight excluding hydrogens is 366 g/mol. The summed E-state index contributed by atoms with van der Waals surface area (Å²) in [7, 11) is 1.80.